The number of pyridine rings is 1. The van der Waals surface area contributed by atoms with E-state index < -0.39 is 4.92 Å². The number of hydrogen-bond acceptors (Lipinski definition) is 3. The molecule has 5 nitrogen and oxygen atoms in total. The number of nitro groups is 1. The van der Waals surface area contributed by atoms with Crippen molar-refractivity contribution >= 4 is 23.3 Å². The number of imidazole rings is 1. The maximum absolute atomic E-state index is 10.2. The molecule has 0 unspecified atom stereocenters. The predicted molar refractivity (Wildman–Crippen MR) is 56.2 cm³/mol. The van der Waals surface area contributed by atoms with Crippen molar-refractivity contribution in [1.82, 2.24) is 9.38 Å². The molecule has 0 spiro atoms. The first kappa shape index (κ1) is 9.67. The zero-order valence-electron chi connectivity index (χ0n) is 7.50. The van der Waals surface area contributed by atoms with Crippen LogP contribution in [-0.2, 0) is 0 Å². The van der Waals surface area contributed by atoms with E-state index in [0.29, 0.717) is 11.3 Å². The van der Waals surface area contributed by atoms with Gasteiger partial charge in [-0.15, -0.1) is 0 Å². The summed E-state index contributed by atoms with van der Waals surface area (Å²) in [6.45, 7) is 0. The fraction of sp³-hybridized carbons (Fsp3) is 0. The summed E-state index contributed by atoms with van der Waals surface area (Å²) in [6.07, 6.45) is 3.90. The van der Waals surface area contributed by atoms with E-state index in [2.05, 4.69) is 4.98 Å². The minimum absolute atomic E-state index is 0.249. The van der Waals surface area contributed by atoms with Crippen LogP contribution in [0.2, 0.25) is 5.15 Å². The molecule has 2 aromatic rings. The SMILES string of the molecule is O=[N+]([O-])/C=C/c1c(Cl)nc2ccccn12. The maximum Gasteiger partial charge on any atom is 0.236 e. The molecule has 2 aromatic heterocycles. The van der Waals surface area contributed by atoms with Gasteiger partial charge in [0.15, 0.2) is 5.15 Å². The van der Waals surface area contributed by atoms with Crippen LogP contribution in [0, 0.1) is 10.1 Å². The van der Waals surface area contributed by atoms with Crippen LogP contribution in [0.15, 0.2) is 30.6 Å². The van der Waals surface area contributed by atoms with Crippen LogP contribution in [0.1, 0.15) is 5.69 Å². The topological polar surface area (TPSA) is 60.4 Å². The number of hydrogen-bond donors (Lipinski definition) is 0. The Balaban J connectivity index is 2.59. The van der Waals surface area contributed by atoms with E-state index in [1.165, 1.54) is 6.08 Å². The molecule has 0 fully saturated rings. The van der Waals surface area contributed by atoms with E-state index in [4.69, 9.17) is 11.6 Å². The van der Waals surface area contributed by atoms with Crippen LogP contribution in [0.25, 0.3) is 11.7 Å². The van der Waals surface area contributed by atoms with E-state index in [1.807, 2.05) is 6.07 Å². The highest BCUT2D eigenvalue weighted by molar-refractivity contribution is 6.31. The average Bonchev–Trinajstić information content (AvgIpc) is 2.50. The summed E-state index contributed by atoms with van der Waals surface area (Å²) in [5, 5.41) is 10.4. The van der Waals surface area contributed by atoms with Gasteiger partial charge >= 0.3 is 0 Å². The molecule has 6 heteroatoms. The first-order chi connectivity index (χ1) is 7.18. The highest BCUT2D eigenvalue weighted by atomic mass is 35.5. The van der Waals surface area contributed by atoms with Gasteiger partial charge in [-0.2, -0.15) is 0 Å². The Labute approximate surface area is 89.8 Å². The Hall–Kier alpha value is -1.88. The lowest BCUT2D eigenvalue weighted by atomic mass is 10.4. The molecule has 2 rings (SSSR count). The second-order valence-corrected chi connectivity index (χ2v) is 3.18. The number of fused-ring (bicyclic) bond motifs is 1. The molecule has 0 saturated heterocycles. The van der Waals surface area contributed by atoms with Gasteiger partial charge in [0.1, 0.15) is 5.65 Å². The summed E-state index contributed by atoms with van der Waals surface area (Å²) < 4.78 is 1.68. The van der Waals surface area contributed by atoms with Crippen LogP contribution in [0.3, 0.4) is 0 Å². The Bertz CT molecular complexity index is 547. The monoisotopic (exact) mass is 223 g/mol. The zero-order valence-corrected chi connectivity index (χ0v) is 8.26. The van der Waals surface area contributed by atoms with Crippen molar-refractivity contribution in [2.24, 2.45) is 0 Å². The van der Waals surface area contributed by atoms with Gasteiger partial charge in [-0.1, -0.05) is 17.7 Å². The van der Waals surface area contributed by atoms with Gasteiger partial charge < -0.3 is 0 Å². The first-order valence-corrected chi connectivity index (χ1v) is 4.50. The summed E-state index contributed by atoms with van der Waals surface area (Å²) >= 11 is 5.85. The Morgan fingerprint density at radius 1 is 1.53 bits per heavy atom. The van der Waals surface area contributed by atoms with Gasteiger partial charge in [0.25, 0.3) is 0 Å². The standard InChI is InChI=1S/C9H6ClN3O2/c10-9-7(4-6-13(14)15)12-5-2-1-3-8(12)11-9/h1-6H/b6-4+. The lowest BCUT2D eigenvalue weighted by Gasteiger charge is -1.93. The van der Waals surface area contributed by atoms with Crippen molar-refractivity contribution in [2.75, 3.05) is 0 Å². The second kappa shape index (κ2) is 3.70. The van der Waals surface area contributed by atoms with Crippen molar-refractivity contribution in [3.8, 4) is 0 Å². The minimum atomic E-state index is -0.543. The average molecular weight is 224 g/mol. The molecule has 0 atom stereocenters. The molecule has 0 N–H and O–H groups in total. The molecule has 0 radical (unpaired) electrons. The van der Waals surface area contributed by atoms with Crippen molar-refractivity contribution in [3.63, 3.8) is 0 Å². The van der Waals surface area contributed by atoms with Gasteiger partial charge in [0, 0.05) is 12.3 Å². The van der Waals surface area contributed by atoms with E-state index in [1.54, 1.807) is 22.7 Å². The smallest absolute Gasteiger partial charge is 0.236 e. The van der Waals surface area contributed by atoms with Gasteiger partial charge in [-0.3, -0.25) is 14.5 Å². The molecule has 0 aliphatic heterocycles. The van der Waals surface area contributed by atoms with Gasteiger partial charge in [-0.25, -0.2) is 4.98 Å². The van der Waals surface area contributed by atoms with Crippen LogP contribution < -0.4 is 0 Å². The van der Waals surface area contributed by atoms with E-state index in [0.717, 1.165) is 6.20 Å². The molecule has 2 heterocycles. The van der Waals surface area contributed by atoms with E-state index in [-0.39, 0.29) is 5.15 Å². The Morgan fingerprint density at radius 3 is 3.07 bits per heavy atom. The quantitative estimate of drug-likeness (QED) is 0.579. The van der Waals surface area contributed by atoms with Crippen molar-refractivity contribution < 1.29 is 4.92 Å². The summed E-state index contributed by atoms with van der Waals surface area (Å²) in [6, 6.07) is 5.39. The molecule has 0 bridgehead atoms. The van der Waals surface area contributed by atoms with Crippen LogP contribution in [0.5, 0.6) is 0 Å². The Kier molecular flexibility index (Phi) is 2.39. The lowest BCUT2D eigenvalue weighted by Crippen LogP contribution is -1.87. The number of halogens is 1. The number of aromatic nitrogens is 2. The summed E-state index contributed by atoms with van der Waals surface area (Å²) in [4.78, 5) is 13.7. The van der Waals surface area contributed by atoms with E-state index >= 15 is 0 Å². The third kappa shape index (κ3) is 1.82. The highest BCUT2D eigenvalue weighted by Crippen LogP contribution is 2.18. The first-order valence-electron chi connectivity index (χ1n) is 4.13. The molecule has 0 amide bonds. The molecule has 0 aliphatic carbocycles. The minimum Gasteiger partial charge on any atom is -0.298 e. The number of rotatable bonds is 2. The van der Waals surface area contributed by atoms with Crippen molar-refractivity contribution in [3.05, 3.63) is 51.6 Å². The van der Waals surface area contributed by atoms with E-state index in [9.17, 15) is 10.1 Å². The van der Waals surface area contributed by atoms with Crippen molar-refractivity contribution in [2.45, 2.75) is 0 Å². The predicted octanol–water partition coefficient (Wildman–Crippen LogP) is 2.24. The Morgan fingerprint density at radius 2 is 2.33 bits per heavy atom. The summed E-state index contributed by atoms with van der Waals surface area (Å²) in [5.41, 5.74) is 1.16. The molecule has 0 saturated carbocycles. The zero-order chi connectivity index (χ0) is 10.8. The molecule has 76 valence electrons. The molecular weight excluding hydrogens is 218 g/mol. The van der Waals surface area contributed by atoms with Crippen LogP contribution in [-0.4, -0.2) is 14.3 Å². The molecule has 15 heavy (non-hydrogen) atoms. The van der Waals surface area contributed by atoms with Gasteiger partial charge in [0.05, 0.1) is 10.6 Å². The summed E-state index contributed by atoms with van der Waals surface area (Å²) in [7, 11) is 0. The van der Waals surface area contributed by atoms with Crippen LogP contribution in [0.4, 0.5) is 0 Å². The fourth-order valence-corrected chi connectivity index (χ4v) is 1.51. The maximum atomic E-state index is 10.2. The second-order valence-electron chi connectivity index (χ2n) is 2.82. The number of nitrogens with zero attached hydrogens (tertiary/aromatic N) is 3. The highest BCUT2D eigenvalue weighted by Gasteiger charge is 2.07. The molecule has 0 aromatic carbocycles. The molecular formula is C9H6ClN3O2. The van der Waals surface area contributed by atoms with Crippen molar-refractivity contribution in [1.29, 1.82) is 0 Å². The molecule has 0 aliphatic rings. The third-order valence-corrected chi connectivity index (χ3v) is 2.15. The fourth-order valence-electron chi connectivity index (χ4n) is 1.27. The third-order valence-electron chi connectivity index (χ3n) is 1.88. The van der Waals surface area contributed by atoms with Gasteiger partial charge in [-0.05, 0) is 12.1 Å². The largest absolute Gasteiger partial charge is 0.298 e. The lowest BCUT2D eigenvalue weighted by molar-refractivity contribution is -0.401. The van der Waals surface area contributed by atoms with Crippen LogP contribution >= 0.6 is 11.6 Å². The summed E-state index contributed by atoms with van der Waals surface area (Å²) in [5.74, 6) is 0. The normalized spacial score (nSPS) is 11.3. The van der Waals surface area contributed by atoms with Gasteiger partial charge in [0.2, 0.25) is 6.20 Å².